The number of halogens is 2. The van der Waals surface area contributed by atoms with Crippen molar-refractivity contribution in [1.82, 2.24) is 10.2 Å². The van der Waals surface area contributed by atoms with Crippen LogP contribution >= 0.6 is 23.2 Å². The third kappa shape index (κ3) is 6.02. The lowest BCUT2D eigenvalue weighted by Crippen LogP contribution is -2.49. The predicted octanol–water partition coefficient (Wildman–Crippen LogP) is 2.99. The van der Waals surface area contributed by atoms with E-state index in [0.717, 1.165) is 37.5 Å². The van der Waals surface area contributed by atoms with Gasteiger partial charge in [0.05, 0.1) is 28.5 Å². The van der Waals surface area contributed by atoms with Crippen LogP contribution < -0.4 is 21.3 Å². The number of aromatic hydroxyl groups is 1. The molecule has 0 unspecified atom stereocenters. The maximum Gasteiger partial charge on any atom is 0.316 e. The highest BCUT2D eigenvalue weighted by Crippen LogP contribution is 2.37. The number of carbonyl (C=O) groups excluding carboxylic acids is 1. The Labute approximate surface area is 203 Å². The van der Waals surface area contributed by atoms with E-state index in [1.54, 1.807) is 0 Å². The van der Waals surface area contributed by atoms with E-state index >= 15 is 0 Å². The van der Waals surface area contributed by atoms with Crippen molar-refractivity contribution >= 4 is 40.6 Å². The zero-order valence-electron chi connectivity index (χ0n) is 18.2. The van der Waals surface area contributed by atoms with Gasteiger partial charge in [-0.2, -0.15) is 0 Å². The lowest BCUT2D eigenvalue weighted by molar-refractivity contribution is 0.136. The summed E-state index contributed by atoms with van der Waals surface area (Å²) in [6.07, 6.45) is 1.40. The fourth-order valence-electron chi connectivity index (χ4n) is 4.60. The molecule has 2 aliphatic heterocycles. The highest BCUT2D eigenvalue weighted by molar-refractivity contribution is 6.32. The van der Waals surface area contributed by atoms with Gasteiger partial charge in [-0.1, -0.05) is 35.3 Å². The largest absolute Gasteiger partial charge is 0.506 e. The Bertz CT molecular complexity index is 983. The van der Waals surface area contributed by atoms with Gasteiger partial charge in [0.2, 0.25) is 0 Å². The van der Waals surface area contributed by atoms with Crippen LogP contribution in [0.4, 0.5) is 16.2 Å². The number of aliphatic hydroxyl groups excluding tert-OH is 1. The van der Waals surface area contributed by atoms with Gasteiger partial charge in [0.15, 0.2) is 0 Å². The second kappa shape index (κ2) is 10.4. The maximum absolute atomic E-state index is 11.4. The van der Waals surface area contributed by atoms with E-state index < -0.39 is 12.1 Å². The highest BCUT2D eigenvalue weighted by Gasteiger charge is 2.35. The van der Waals surface area contributed by atoms with Crippen LogP contribution in [-0.4, -0.2) is 65.5 Å². The summed E-state index contributed by atoms with van der Waals surface area (Å²) in [6.45, 7) is 3.75. The Morgan fingerprint density at radius 3 is 2.48 bits per heavy atom. The highest BCUT2D eigenvalue weighted by atomic mass is 35.5. The Morgan fingerprint density at radius 2 is 1.82 bits per heavy atom. The number of phenolic OH excluding ortho intramolecular Hbond substituents is 1. The first-order chi connectivity index (χ1) is 15.8. The summed E-state index contributed by atoms with van der Waals surface area (Å²) in [4.78, 5) is 15.7. The molecule has 2 atom stereocenters. The fraction of sp³-hybridized carbons (Fsp3) is 0.435. The molecule has 0 radical (unpaired) electrons. The number of piperidine rings is 1. The van der Waals surface area contributed by atoms with Gasteiger partial charge in [0.1, 0.15) is 5.75 Å². The summed E-state index contributed by atoms with van der Waals surface area (Å²) in [6, 6.07) is 10.4. The molecule has 0 bridgehead atoms. The van der Waals surface area contributed by atoms with Gasteiger partial charge in [-0.25, -0.2) is 4.79 Å². The minimum absolute atomic E-state index is 0.0966. The third-order valence-electron chi connectivity index (χ3n) is 6.31. The lowest BCUT2D eigenvalue weighted by atomic mass is 10.0. The number of nitrogens with zero attached hydrogens (tertiary/aromatic N) is 2. The van der Waals surface area contributed by atoms with E-state index in [9.17, 15) is 15.0 Å². The second-order valence-electron chi connectivity index (χ2n) is 8.73. The van der Waals surface area contributed by atoms with Gasteiger partial charge in [-0.15, -0.1) is 0 Å². The summed E-state index contributed by atoms with van der Waals surface area (Å²) < 4.78 is 0. The molecule has 4 rings (SSSR count). The Balaban J connectivity index is 1.33. The van der Waals surface area contributed by atoms with Crippen LogP contribution in [0.2, 0.25) is 10.0 Å². The zero-order valence-corrected chi connectivity index (χ0v) is 19.7. The van der Waals surface area contributed by atoms with E-state index in [1.807, 2.05) is 17.0 Å². The monoisotopic (exact) mass is 493 g/mol. The van der Waals surface area contributed by atoms with Crippen molar-refractivity contribution in [1.29, 1.82) is 0 Å². The molecule has 6 N–H and O–H groups in total. The molecular formula is C23H29Cl2N5O3. The topological polar surface area (TPSA) is 114 Å². The number of carbonyl (C=O) groups is 1. The quantitative estimate of drug-likeness (QED) is 0.395. The van der Waals surface area contributed by atoms with Crippen LogP contribution in [0.5, 0.6) is 5.75 Å². The fourth-order valence-corrected chi connectivity index (χ4v) is 4.89. The van der Waals surface area contributed by atoms with E-state index in [-0.39, 0.29) is 16.8 Å². The molecule has 0 saturated carbocycles. The van der Waals surface area contributed by atoms with Crippen molar-refractivity contribution in [2.45, 2.75) is 37.6 Å². The number of nitrogens with one attached hydrogen (secondary N) is 2. The van der Waals surface area contributed by atoms with Crippen LogP contribution in [-0.2, 0) is 6.54 Å². The SMILES string of the molecule is NC(=O)Nc1cc(Cl)c(O)cc1N1C[C@H](NC2CCN(Cc3ccc(Cl)cc3)CC2)[C@@H](O)C1. The molecule has 2 aromatic rings. The summed E-state index contributed by atoms with van der Waals surface area (Å²) in [5.41, 5.74) is 7.49. The normalized spacial score (nSPS) is 22.0. The van der Waals surface area contributed by atoms with Gasteiger partial charge in [0, 0.05) is 36.8 Å². The van der Waals surface area contributed by atoms with Crippen LogP contribution in [0.15, 0.2) is 36.4 Å². The first-order valence-corrected chi connectivity index (χ1v) is 11.8. The molecule has 0 aliphatic carbocycles. The Morgan fingerprint density at radius 1 is 1.12 bits per heavy atom. The molecule has 178 valence electrons. The number of benzene rings is 2. The minimum Gasteiger partial charge on any atom is -0.506 e. The van der Waals surface area contributed by atoms with Gasteiger partial charge in [-0.3, -0.25) is 4.90 Å². The summed E-state index contributed by atoms with van der Waals surface area (Å²) >= 11 is 12.0. The van der Waals surface area contributed by atoms with Crippen molar-refractivity contribution in [3.05, 3.63) is 52.0 Å². The average Bonchev–Trinajstić information content (AvgIpc) is 3.13. The van der Waals surface area contributed by atoms with Crippen molar-refractivity contribution in [3.8, 4) is 5.75 Å². The van der Waals surface area contributed by atoms with E-state index in [1.165, 1.54) is 17.7 Å². The second-order valence-corrected chi connectivity index (χ2v) is 9.58. The average molecular weight is 494 g/mol. The molecule has 10 heteroatoms. The Hall–Kier alpha value is -2.23. The lowest BCUT2D eigenvalue weighted by Gasteiger charge is -2.34. The molecule has 33 heavy (non-hydrogen) atoms. The molecular weight excluding hydrogens is 465 g/mol. The van der Waals surface area contributed by atoms with Gasteiger partial charge < -0.3 is 31.5 Å². The number of primary amides is 1. The molecule has 0 aromatic heterocycles. The molecule has 2 heterocycles. The number of anilines is 2. The minimum atomic E-state index is -0.724. The Kier molecular flexibility index (Phi) is 7.51. The first-order valence-electron chi connectivity index (χ1n) is 11.0. The third-order valence-corrected chi connectivity index (χ3v) is 6.86. The summed E-state index contributed by atoms with van der Waals surface area (Å²) in [7, 11) is 0. The predicted molar refractivity (Wildman–Crippen MR) is 131 cm³/mol. The number of aliphatic hydroxyl groups is 1. The molecule has 2 saturated heterocycles. The first kappa shape index (κ1) is 23.9. The number of amides is 2. The summed E-state index contributed by atoms with van der Waals surface area (Å²) in [5.74, 6) is -0.0966. The van der Waals surface area contributed by atoms with Gasteiger partial charge >= 0.3 is 6.03 Å². The number of likely N-dealkylation sites (tertiary alicyclic amines) is 1. The van der Waals surface area contributed by atoms with E-state index in [0.29, 0.717) is 30.5 Å². The maximum atomic E-state index is 11.4. The van der Waals surface area contributed by atoms with Crippen molar-refractivity contribution in [2.24, 2.45) is 5.73 Å². The van der Waals surface area contributed by atoms with Crippen molar-refractivity contribution in [2.75, 3.05) is 36.4 Å². The van der Waals surface area contributed by atoms with Gasteiger partial charge in [-0.05, 0) is 49.7 Å². The smallest absolute Gasteiger partial charge is 0.316 e. The van der Waals surface area contributed by atoms with Crippen LogP contribution in [0, 0.1) is 0 Å². The van der Waals surface area contributed by atoms with Crippen LogP contribution in [0.25, 0.3) is 0 Å². The van der Waals surface area contributed by atoms with Crippen LogP contribution in [0.1, 0.15) is 18.4 Å². The number of hydrogen-bond acceptors (Lipinski definition) is 6. The van der Waals surface area contributed by atoms with Crippen LogP contribution in [0.3, 0.4) is 0 Å². The molecule has 2 aromatic carbocycles. The zero-order chi connectivity index (χ0) is 23.5. The number of rotatable bonds is 6. The van der Waals surface area contributed by atoms with Crippen molar-refractivity contribution in [3.63, 3.8) is 0 Å². The number of hydrogen-bond donors (Lipinski definition) is 5. The number of phenols is 1. The number of β-amino-alcohol motifs (C(OH)–C–C–N with tert-alkyl or cyclic N) is 1. The number of nitrogens with two attached hydrogens (primary N) is 1. The van der Waals surface area contributed by atoms with E-state index in [4.69, 9.17) is 28.9 Å². The van der Waals surface area contributed by atoms with Crippen molar-refractivity contribution < 1.29 is 15.0 Å². The molecule has 2 amide bonds. The number of urea groups is 1. The molecule has 8 nitrogen and oxygen atoms in total. The standard InChI is InChI=1S/C23H29Cl2N5O3/c24-15-3-1-14(2-4-15)11-29-7-5-16(6-8-29)27-19-12-30(13-22(19)32)20-10-21(31)17(25)9-18(20)28-23(26)33/h1-4,9-10,16,19,22,27,31-32H,5-8,11-13H2,(H3,26,28,33)/t19-,22-/m0/s1. The summed E-state index contributed by atoms with van der Waals surface area (Å²) in [5, 5.41) is 27.8. The van der Waals surface area contributed by atoms with E-state index in [2.05, 4.69) is 27.7 Å². The molecule has 2 aliphatic rings. The molecule has 2 fully saturated rings. The molecule has 0 spiro atoms. The van der Waals surface area contributed by atoms with Gasteiger partial charge in [0.25, 0.3) is 0 Å².